The molecule has 6 nitrogen and oxygen atoms in total. The number of methoxy groups -OCH3 is 1. The van der Waals surface area contributed by atoms with Gasteiger partial charge >= 0.3 is 6.03 Å². The topological polar surface area (TPSA) is 68.8 Å². The minimum atomic E-state index is -0.535. The predicted octanol–water partition coefficient (Wildman–Crippen LogP) is 3.48. The Morgan fingerprint density at radius 3 is 2.50 bits per heavy atom. The van der Waals surface area contributed by atoms with Crippen molar-refractivity contribution in [3.05, 3.63) is 48.0 Å². The van der Waals surface area contributed by atoms with Gasteiger partial charge in [0.05, 0.1) is 12.6 Å². The van der Waals surface area contributed by atoms with E-state index in [2.05, 4.69) is 10.6 Å². The number of fused-ring (bicyclic) bond motifs is 1. The van der Waals surface area contributed by atoms with E-state index in [0.717, 1.165) is 11.3 Å². The van der Waals surface area contributed by atoms with E-state index in [1.165, 1.54) is 0 Å². The molecular weight excluding hydrogens is 308 g/mol. The third-order valence-electron chi connectivity index (χ3n) is 3.87. The predicted molar refractivity (Wildman–Crippen MR) is 90.7 cm³/mol. The lowest BCUT2D eigenvalue weighted by Crippen LogP contribution is -2.43. The standard InChI is InChI=1S/C18H20N2O4/c1-18(2,12-4-7-14(22-3)8-5-12)20-17(21)19-13-6-9-15-16(10-13)24-11-23-15/h4-10H,11H2,1-3H3,(H2,19,20,21). The SMILES string of the molecule is COc1ccc(C(C)(C)NC(=O)Nc2ccc3c(c2)OCO3)cc1. The minimum absolute atomic E-state index is 0.204. The van der Waals surface area contributed by atoms with Crippen molar-refractivity contribution in [3.8, 4) is 17.2 Å². The van der Waals surface area contributed by atoms with Crippen LogP contribution in [0.25, 0.3) is 0 Å². The van der Waals surface area contributed by atoms with Crippen molar-refractivity contribution < 1.29 is 19.0 Å². The molecule has 0 aromatic heterocycles. The molecule has 0 bridgehead atoms. The maximum Gasteiger partial charge on any atom is 0.319 e. The Morgan fingerprint density at radius 1 is 1.08 bits per heavy atom. The first kappa shape index (κ1) is 16.0. The van der Waals surface area contributed by atoms with Crippen LogP contribution in [0.15, 0.2) is 42.5 Å². The van der Waals surface area contributed by atoms with Crippen LogP contribution in [-0.2, 0) is 5.54 Å². The van der Waals surface area contributed by atoms with Crippen molar-refractivity contribution in [3.63, 3.8) is 0 Å². The molecule has 3 rings (SSSR count). The molecule has 0 fully saturated rings. The van der Waals surface area contributed by atoms with Crippen molar-refractivity contribution >= 4 is 11.7 Å². The molecule has 24 heavy (non-hydrogen) atoms. The van der Waals surface area contributed by atoms with Gasteiger partial charge < -0.3 is 24.8 Å². The highest BCUT2D eigenvalue weighted by molar-refractivity contribution is 5.90. The summed E-state index contributed by atoms with van der Waals surface area (Å²) in [7, 11) is 1.62. The maximum atomic E-state index is 12.3. The zero-order valence-corrected chi connectivity index (χ0v) is 13.9. The van der Waals surface area contributed by atoms with Crippen LogP contribution in [0.4, 0.5) is 10.5 Å². The van der Waals surface area contributed by atoms with Gasteiger partial charge in [0.25, 0.3) is 0 Å². The Morgan fingerprint density at radius 2 is 1.79 bits per heavy atom. The van der Waals surface area contributed by atoms with E-state index in [1.54, 1.807) is 25.3 Å². The van der Waals surface area contributed by atoms with Crippen molar-refractivity contribution in [2.75, 3.05) is 19.2 Å². The summed E-state index contributed by atoms with van der Waals surface area (Å²) in [6.07, 6.45) is 0. The summed E-state index contributed by atoms with van der Waals surface area (Å²) in [5.74, 6) is 2.08. The molecule has 1 heterocycles. The van der Waals surface area contributed by atoms with Crippen molar-refractivity contribution in [2.45, 2.75) is 19.4 Å². The smallest absolute Gasteiger partial charge is 0.319 e. The number of amides is 2. The Kier molecular flexibility index (Phi) is 4.20. The molecular formula is C18H20N2O4. The van der Waals surface area contributed by atoms with Gasteiger partial charge in [-0.1, -0.05) is 12.1 Å². The summed E-state index contributed by atoms with van der Waals surface area (Å²) in [4.78, 5) is 12.3. The van der Waals surface area contributed by atoms with Gasteiger partial charge in [-0.25, -0.2) is 4.79 Å². The van der Waals surface area contributed by atoms with Crippen LogP contribution in [0.3, 0.4) is 0 Å². The average Bonchev–Trinajstić information content (AvgIpc) is 3.02. The third-order valence-corrected chi connectivity index (χ3v) is 3.87. The molecule has 2 aromatic rings. The fourth-order valence-corrected chi connectivity index (χ4v) is 2.50. The Bertz CT molecular complexity index is 741. The van der Waals surface area contributed by atoms with E-state index >= 15 is 0 Å². The highest BCUT2D eigenvalue weighted by atomic mass is 16.7. The van der Waals surface area contributed by atoms with Crippen LogP contribution >= 0.6 is 0 Å². The first-order valence-electron chi connectivity index (χ1n) is 7.61. The molecule has 1 aliphatic rings. The number of urea groups is 1. The lowest BCUT2D eigenvalue weighted by Gasteiger charge is -2.27. The lowest BCUT2D eigenvalue weighted by atomic mass is 9.94. The van der Waals surface area contributed by atoms with Gasteiger partial charge in [-0.2, -0.15) is 0 Å². The second-order valence-corrected chi connectivity index (χ2v) is 6.00. The fourth-order valence-electron chi connectivity index (χ4n) is 2.50. The van der Waals surface area contributed by atoms with Crippen LogP contribution in [0, 0.1) is 0 Å². The van der Waals surface area contributed by atoms with Crippen LogP contribution in [-0.4, -0.2) is 19.9 Å². The Hall–Kier alpha value is -2.89. The molecule has 0 saturated heterocycles. The van der Waals surface area contributed by atoms with Gasteiger partial charge in [-0.3, -0.25) is 0 Å². The van der Waals surface area contributed by atoms with Crippen molar-refractivity contribution in [2.24, 2.45) is 0 Å². The molecule has 0 radical (unpaired) electrons. The molecule has 0 saturated carbocycles. The number of anilines is 1. The van der Waals surface area contributed by atoms with Crippen molar-refractivity contribution in [1.29, 1.82) is 0 Å². The first-order chi connectivity index (χ1) is 11.5. The van der Waals surface area contributed by atoms with Crippen LogP contribution < -0.4 is 24.8 Å². The molecule has 126 valence electrons. The molecule has 6 heteroatoms. The largest absolute Gasteiger partial charge is 0.497 e. The van der Waals surface area contributed by atoms with Gasteiger partial charge in [-0.15, -0.1) is 0 Å². The Balaban J connectivity index is 1.66. The second kappa shape index (κ2) is 6.31. The number of hydrogen-bond donors (Lipinski definition) is 2. The van der Waals surface area contributed by atoms with Gasteiger partial charge in [0, 0.05) is 11.8 Å². The normalized spacial score (nSPS) is 12.6. The van der Waals surface area contributed by atoms with E-state index in [1.807, 2.05) is 38.1 Å². The summed E-state index contributed by atoms with van der Waals surface area (Å²) in [6, 6.07) is 12.6. The number of nitrogens with one attached hydrogen (secondary N) is 2. The quantitative estimate of drug-likeness (QED) is 0.901. The van der Waals surface area contributed by atoms with E-state index in [-0.39, 0.29) is 12.8 Å². The first-order valence-corrected chi connectivity index (χ1v) is 7.61. The third kappa shape index (κ3) is 3.37. The highest BCUT2D eigenvalue weighted by Crippen LogP contribution is 2.34. The zero-order valence-electron chi connectivity index (χ0n) is 13.9. The molecule has 0 spiro atoms. The monoisotopic (exact) mass is 328 g/mol. The van der Waals surface area contributed by atoms with E-state index < -0.39 is 5.54 Å². The van der Waals surface area contributed by atoms with Gasteiger partial charge in [0.15, 0.2) is 11.5 Å². The number of carbonyl (C=O) groups is 1. The highest BCUT2D eigenvalue weighted by Gasteiger charge is 2.23. The summed E-state index contributed by atoms with van der Waals surface area (Å²) in [6.45, 7) is 4.08. The molecule has 0 aliphatic carbocycles. The zero-order chi connectivity index (χ0) is 17.2. The maximum absolute atomic E-state index is 12.3. The fraction of sp³-hybridized carbons (Fsp3) is 0.278. The van der Waals surface area contributed by atoms with E-state index in [9.17, 15) is 4.79 Å². The summed E-state index contributed by atoms with van der Waals surface area (Å²) >= 11 is 0. The Labute approximate surface area is 140 Å². The minimum Gasteiger partial charge on any atom is -0.497 e. The number of carbonyl (C=O) groups excluding carboxylic acids is 1. The molecule has 0 atom stereocenters. The average molecular weight is 328 g/mol. The summed E-state index contributed by atoms with van der Waals surface area (Å²) in [5.41, 5.74) is 1.08. The number of ether oxygens (including phenoxy) is 3. The molecule has 2 amide bonds. The van der Waals surface area contributed by atoms with Crippen molar-refractivity contribution in [1.82, 2.24) is 5.32 Å². The number of rotatable bonds is 4. The summed E-state index contributed by atoms with van der Waals surface area (Å²) in [5, 5.41) is 5.77. The number of hydrogen-bond acceptors (Lipinski definition) is 4. The number of benzene rings is 2. The second-order valence-electron chi connectivity index (χ2n) is 6.00. The van der Waals surface area contributed by atoms with Crippen LogP contribution in [0.2, 0.25) is 0 Å². The lowest BCUT2D eigenvalue weighted by molar-refractivity contribution is 0.174. The van der Waals surface area contributed by atoms with Crippen LogP contribution in [0.1, 0.15) is 19.4 Å². The van der Waals surface area contributed by atoms with Gasteiger partial charge in [0.2, 0.25) is 6.79 Å². The molecule has 2 N–H and O–H groups in total. The molecule has 1 aliphatic heterocycles. The van der Waals surface area contributed by atoms with Gasteiger partial charge in [-0.05, 0) is 43.7 Å². The molecule has 2 aromatic carbocycles. The molecule has 0 unspecified atom stereocenters. The van der Waals surface area contributed by atoms with E-state index in [4.69, 9.17) is 14.2 Å². The van der Waals surface area contributed by atoms with Gasteiger partial charge in [0.1, 0.15) is 5.75 Å². The van der Waals surface area contributed by atoms with Crippen LogP contribution in [0.5, 0.6) is 17.2 Å². The van der Waals surface area contributed by atoms with E-state index in [0.29, 0.717) is 17.2 Å². The summed E-state index contributed by atoms with van der Waals surface area (Å²) < 4.78 is 15.7.